The summed E-state index contributed by atoms with van der Waals surface area (Å²) in [6, 6.07) is 6.13. The molecule has 1 rings (SSSR count). The van der Waals surface area contributed by atoms with E-state index in [4.69, 9.17) is 5.11 Å². The van der Waals surface area contributed by atoms with Crippen molar-refractivity contribution in [2.75, 3.05) is 13.6 Å². The van der Waals surface area contributed by atoms with Gasteiger partial charge in [0, 0.05) is 6.54 Å². The molecule has 1 aromatic carbocycles. The van der Waals surface area contributed by atoms with Crippen LogP contribution in [-0.4, -0.2) is 18.7 Å². The van der Waals surface area contributed by atoms with Crippen molar-refractivity contribution in [1.82, 2.24) is 5.32 Å². The van der Waals surface area contributed by atoms with Crippen LogP contribution in [0.2, 0.25) is 0 Å². The highest BCUT2D eigenvalue weighted by Gasteiger charge is 2.06. The summed E-state index contributed by atoms with van der Waals surface area (Å²) in [5.74, 6) is 0.162. The number of benzene rings is 1. The summed E-state index contributed by atoms with van der Waals surface area (Å²) in [7, 11) is 1.70. The number of hydrogen-bond donors (Lipinski definition) is 2. The van der Waals surface area contributed by atoms with E-state index in [9.17, 15) is 4.39 Å². The molecule has 0 aliphatic carbocycles. The highest BCUT2D eigenvalue weighted by Crippen LogP contribution is 2.18. The van der Waals surface area contributed by atoms with Crippen molar-refractivity contribution in [2.45, 2.75) is 6.17 Å². The minimum atomic E-state index is -1.00. The van der Waals surface area contributed by atoms with E-state index in [-0.39, 0.29) is 5.75 Å². The van der Waals surface area contributed by atoms with Crippen LogP contribution in [0.4, 0.5) is 4.39 Å². The maximum absolute atomic E-state index is 13.1. The lowest BCUT2D eigenvalue weighted by molar-refractivity contribution is 0.335. The van der Waals surface area contributed by atoms with Crippen molar-refractivity contribution in [2.24, 2.45) is 0 Å². The van der Waals surface area contributed by atoms with Crippen molar-refractivity contribution in [3.8, 4) is 5.75 Å². The Bertz CT molecular complexity index is 235. The number of rotatable bonds is 3. The molecule has 0 saturated heterocycles. The smallest absolute Gasteiger partial charge is 0.137 e. The fourth-order valence-corrected chi connectivity index (χ4v) is 0.980. The predicted octanol–water partition coefficient (Wildman–Crippen LogP) is 1.62. The van der Waals surface area contributed by atoms with Crippen LogP contribution < -0.4 is 5.32 Å². The van der Waals surface area contributed by atoms with Crippen LogP contribution in [0.5, 0.6) is 5.75 Å². The molecule has 0 radical (unpaired) electrons. The third-order valence-electron chi connectivity index (χ3n) is 1.64. The van der Waals surface area contributed by atoms with Crippen molar-refractivity contribution in [3.63, 3.8) is 0 Å². The van der Waals surface area contributed by atoms with E-state index >= 15 is 0 Å². The van der Waals surface area contributed by atoms with Gasteiger partial charge in [0.2, 0.25) is 0 Å². The lowest BCUT2D eigenvalue weighted by Gasteiger charge is -2.06. The minimum absolute atomic E-state index is 0.162. The third kappa shape index (κ3) is 2.20. The Morgan fingerprint density at radius 1 is 1.42 bits per heavy atom. The minimum Gasteiger partial charge on any atom is -0.508 e. The normalized spacial score (nSPS) is 12.8. The Labute approximate surface area is 71.0 Å². The Kier molecular flexibility index (Phi) is 3.05. The van der Waals surface area contributed by atoms with Gasteiger partial charge in [-0.25, -0.2) is 4.39 Å². The summed E-state index contributed by atoms with van der Waals surface area (Å²) in [6.45, 7) is 0.296. The lowest BCUT2D eigenvalue weighted by atomic mass is 10.1. The van der Waals surface area contributed by atoms with Gasteiger partial charge in [-0.05, 0) is 24.7 Å². The molecule has 3 heteroatoms. The number of phenols is 1. The zero-order chi connectivity index (χ0) is 8.97. The summed E-state index contributed by atoms with van der Waals surface area (Å²) in [4.78, 5) is 0. The van der Waals surface area contributed by atoms with Crippen molar-refractivity contribution >= 4 is 0 Å². The molecule has 2 nitrogen and oxygen atoms in total. The zero-order valence-corrected chi connectivity index (χ0v) is 6.92. The molecular formula is C9H12FNO. The number of hydrogen-bond acceptors (Lipinski definition) is 2. The Morgan fingerprint density at radius 2 is 2.00 bits per heavy atom. The molecule has 12 heavy (non-hydrogen) atoms. The molecule has 1 atom stereocenters. The topological polar surface area (TPSA) is 32.3 Å². The van der Waals surface area contributed by atoms with E-state index in [1.807, 2.05) is 0 Å². The van der Waals surface area contributed by atoms with Crippen molar-refractivity contribution in [1.29, 1.82) is 0 Å². The first-order chi connectivity index (χ1) is 5.74. The molecule has 0 amide bonds. The number of nitrogens with one attached hydrogen (secondary N) is 1. The van der Waals surface area contributed by atoms with Gasteiger partial charge in [0.1, 0.15) is 11.9 Å². The van der Waals surface area contributed by atoms with Crippen LogP contribution in [0, 0.1) is 0 Å². The zero-order valence-electron chi connectivity index (χ0n) is 6.92. The maximum Gasteiger partial charge on any atom is 0.137 e. The van der Waals surface area contributed by atoms with Crippen LogP contribution in [0.15, 0.2) is 24.3 Å². The Hall–Kier alpha value is -1.09. The van der Waals surface area contributed by atoms with E-state index in [0.29, 0.717) is 12.1 Å². The fourth-order valence-electron chi connectivity index (χ4n) is 0.980. The molecule has 0 aliphatic heterocycles. The summed E-state index contributed by atoms with van der Waals surface area (Å²) in [6.07, 6.45) is -1.00. The summed E-state index contributed by atoms with van der Waals surface area (Å²) in [5, 5.41) is 11.7. The van der Waals surface area contributed by atoms with Gasteiger partial charge in [-0.2, -0.15) is 0 Å². The van der Waals surface area contributed by atoms with E-state index in [1.165, 1.54) is 12.1 Å². The summed E-state index contributed by atoms with van der Waals surface area (Å²) < 4.78 is 13.1. The van der Waals surface area contributed by atoms with Gasteiger partial charge in [-0.3, -0.25) is 0 Å². The standard InChI is InChI=1S/C9H12FNO/c1-11-6-9(10)7-2-4-8(12)5-3-7/h2-5,9,11-12H,6H2,1H3. The number of phenolic OH excluding ortho intramolecular Hbond substituents is 1. The summed E-state index contributed by atoms with van der Waals surface area (Å²) in [5.41, 5.74) is 0.585. The third-order valence-corrected chi connectivity index (χ3v) is 1.64. The second-order valence-electron chi connectivity index (χ2n) is 2.62. The second-order valence-corrected chi connectivity index (χ2v) is 2.62. The molecule has 0 fully saturated rings. The van der Waals surface area contributed by atoms with Gasteiger partial charge in [-0.15, -0.1) is 0 Å². The first kappa shape index (κ1) is 9.00. The molecule has 1 aromatic rings. The molecule has 0 saturated carbocycles. The van der Waals surface area contributed by atoms with Gasteiger partial charge in [-0.1, -0.05) is 12.1 Å². The number of aromatic hydroxyl groups is 1. The molecule has 0 spiro atoms. The SMILES string of the molecule is CNCC(F)c1ccc(O)cc1. The summed E-state index contributed by atoms with van der Waals surface area (Å²) >= 11 is 0. The molecule has 0 aromatic heterocycles. The highest BCUT2D eigenvalue weighted by molar-refractivity contribution is 5.27. The Morgan fingerprint density at radius 3 is 2.50 bits per heavy atom. The fraction of sp³-hybridized carbons (Fsp3) is 0.333. The molecule has 2 N–H and O–H groups in total. The number of alkyl halides is 1. The highest BCUT2D eigenvalue weighted by atomic mass is 19.1. The van der Waals surface area contributed by atoms with Gasteiger partial charge < -0.3 is 10.4 Å². The predicted molar refractivity (Wildman–Crippen MR) is 45.9 cm³/mol. The molecule has 1 unspecified atom stereocenters. The Balaban J connectivity index is 2.68. The number of halogens is 1. The van der Waals surface area contributed by atoms with Crippen LogP contribution >= 0.6 is 0 Å². The molecule has 0 aliphatic rings. The largest absolute Gasteiger partial charge is 0.508 e. The van der Waals surface area contributed by atoms with Crippen LogP contribution in [0.3, 0.4) is 0 Å². The van der Waals surface area contributed by atoms with Gasteiger partial charge in [0.05, 0.1) is 0 Å². The number of likely N-dealkylation sites (N-methyl/N-ethyl adjacent to an activating group) is 1. The second kappa shape index (κ2) is 4.07. The first-order valence-electron chi connectivity index (χ1n) is 3.81. The van der Waals surface area contributed by atoms with Crippen LogP contribution in [0.25, 0.3) is 0 Å². The molecule has 66 valence electrons. The van der Waals surface area contributed by atoms with Gasteiger partial charge >= 0.3 is 0 Å². The van der Waals surface area contributed by atoms with Gasteiger partial charge in [0.15, 0.2) is 0 Å². The van der Waals surface area contributed by atoms with Gasteiger partial charge in [0.25, 0.3) is 0 Å². The average Bonchev–Trinajstić information content (AvgIpc) is 2.06. The van der Waals surface area contributed by atoms with E-state index < -0.39 is 6.17 Å². The van der Waals surface area contributed by atoms with Crippen molar-refractivity contribution < 1.29 is 9.50 Å². The quantitative estimate of drug-likeness (QED) is 0.720. The van der Waals surface area contributed by atoms with Crippen molar-refractivity contribution in [3.05, 3.63) is 29.8 Å². The van der Waals surface area contributed by atoms with Crippen LogP contribution in [0.1, 0.15) is 11.7 Å². The first-order valence-corrected chi connectivity index (χ1v) is 3.81. The monoisotopic (exact) mass is 169 g/mol. The molecular weight excluding hydrogens is 157 g/mol. The van der Waals surface area contributed by atoms with E-state index in [0.717, 1.165) is 0 Å². The lowest BCUT2D eigenvalue weighted by Crippen LogP contribution is -2.13. The van der Waals surface area contributed by atoms with E-state index in [1.54, 1.807) is 19.2 Å². The van der Waals surface area contributed by atoms with Crippen LogP contribution in [-0.2, 0) is 0 Å². The average molecular weight is 169 g/mol. The molecule has 0 bridgehead atoms. The maximum atomic E-state index is 13.1. The van der Waals surface area contributed by atoms with E-state index in [2.05, 4.69) is 5.32 Å². The molecule has 0 heterocycles.